The minimum Gasteiger partial charge on any atom is -0.381 e. The van der Waals surface area contributed by atoms with Gasteiger partial charge in [0.05, 0.1) is 6.10 Å². The molecule has 0 saturated carbocycles. The Balaban J connectivity index is 1.47. The molecule has 0 aromatic rings. The van der Waals surface area contributed by atoms with Gasteiger partial charge in [-0.25, -0.2) is 0 Å². The summed E-state index contributed by atoms with van der Waals surface area (Å²) in [6.45, 7) is 7.79. The van der Waals surface area contributed by atoms with E-state index in [1.807, 2.05) is 14.2 Å². The second-order valence-corrected chi connectivity index (χ2v) is 9.38. The first-order valence-electron chi connectivity index (χ1n) is 10.9. The zero-order chi connectivity index (χ0) is 19.4. The monoisotopic (exact) mass is 379 g/mol. The van der Waals surface area contributed by atoms with Crippen LogP contribution in [0.5, 0.6) is 0 Å². The summed E-state index contributed by atoms with van der Waals surface area (Å²) in [6.07, 6.45) is 9.26. The lowest BCUT2D eigenvalue weighted by atomic mass is 9.82. The van der Waals surface area contributed by atoms with E-state index in [9.17, 15) is 0 Å². The van der Waals surface area contributed by atoms with E-state index >= 15 is 0 Å². The van der Waals surface area contributed by atoms with Crippen LogP contribution < -0.4 is 10.6 Å². The molecular formula is C21H41N5O. The Morgan fingerprint density at radius 2 is 1.74 bits per heavy atom. The van der Waals surface area contributed by atoms with Crippen LogP contribution in [0.1, 0.15) is 58.8 Å². The van der Waals surface area contributed by atoms with E-state index in [-0.39, 0.29) is 5.54 Å². The smallest absolute Gasteiger partial charge is 0.191 e. The van der Waals surface area contributed by atoms with Crippen LogP contribution in [0.15, 0.2) is 4.99 Å². The van der Waals surface area contributed by atoms with Gasteiger partial charge in [0.15, 0.2) is 5.96 Å². The number of fused-ring (bicyclic) bond motifs is 2. The van der Waals surface area contributed by atoms with E-state index in [4.69, 9.17) is 4.74 Å². The van der Waals surface area contributed by atoms with Crippen LogP contribution in [0.3, 0.4) is 0 Å². The first-order chi connectivity index (χ1) is 12.9. The molecular weight excluding hydrogens is 338 g/mol. The highest BCUT2D eigenvalue weighted by Gasteiger charge is 2.36. The minimum atomic E-state index is 0.111. The number of likely N-dealkylation sites (tertiary alicyclic amines) is 1. The molecule has 0 aromatic carbocycles. The molecule has 2 N–H and O–H groups in total. The maximum Gasteiger partial charge on any atom is 0.191 e. The standard InChI is InChI=1S/C21H41N5O/c1-21(2,26-11-9-19(27-5)10-12-26)15-23-20(22-3)24-16-13-17-7-6-8-18(14-16)25(17)4/h16-19H,6-15H2,1-5H3,(H2,22,23,24). The highest BCUT2D eigenvalue weighted by atomic mass is 16.5. The first kappa shape index (κ1) is 20.9. The number of methoxy groups -OCH3 is 1. The second-order valence-electron chi connectivity index (χ2n) is 9.38. The van der Waals surface area contributed by atoms with Crippen LogP contribution in [0.4, 0.5) is 0 Å². The maximum absolute atomic E-state index is 5.52. The predicted molar refractivity (Wildman–Crippen MR) is 112 cm³/mol. The lowest BCUT2D eigenvalue weighted by Gasteiger charge is -2.47. The summed E-state index contributed by atoms with van der Waals surface area (Å²) in [5.74, 6) is 0.961. The van der Waals surface area contributed by atoms with Crippen LogP contribution in [0.25, 0.3) is 0 Å². The molecule has 3 fully saturated rings. The van der Waals surface area contributed by atoms with E-state index in [2.05, 4.69) is 46.3 Å². The molecule has 3 heterocycles. The average molecular weight is 380 g/mol. The van der Waals surface area contributed by atoms with E-state index in [1.165, 1.54) is 32.1 Å². The quantitative estimate of drug-likeness (QED) is 0.566. The van der Waals surface area contributed by atoms with E-state index in [0.29, 0.717) is 12.1 Å². The lowest BCUT2D eigenvalue weighted by molar-refractivity contribution is 0.00772. The van der Waals surface area contributed by atoms with Gasteiger partial charge in [-0.05, 0) is 59.4 Å². The van der Waals surface area contributed by atoms with Gasteiger partial charge < -0.3 is 20.3 Å². The fourth-order valence-electron chi connectivity index (χ4n) is 5.23. The number of guanidine groups is 1. The zero-order valence-electron chi connectivity index (χ0n) is 18.1. The molecule has 27 heavy (non-hydrogen) atoms. The van der Waals surface area contributed by atoms with Gasteiger partial charge in [-0.2, -0.15) is 0 Å². The number of aliphatic imine (C=N–C) groups is 1. The summed E-state index contributed by atoms with van der Waals surface area (Å²) in [7, 11) is 6.04. The van der Waals surface area contributed by atoms with Gasteiger partial charge in [0.2, 0.25) is 0 Å². The molecule has 6 heteroatoms. The third-order valence-corrected chi connectivity index (χ3v) is 7.22. The third-order valence-electron chi connectivity index (χ3n) is 7.22. The van der Waals surface area contributed by atoms with Crippen LogP contribution in [0.2, 0.25) is 0 Å². The van der Waals surface area contributed by atoms with Crippen molar-refractivity contribution in [2.24, 2.45) is 4.99 Å². The number of rotatable bonds is 5. The highest BCUT2D eigenvalue weighted by molar-refractivity contribution is 5.80. The molecule has 2 atom stereocenters. The largest absolute Gasteiger partial charge is 0.381 e. The van der Waals surface area contributed by atoms with Crippen LogP contribution in [-0.2, 0) is 4.74 Å². The molecule has 156 valence electrons. The van der Waals surface area contributed by atoms with Crippen molar-refractivity contribution in [3.63, 3.8) is 0 Å². The Labute approximate surface area is 166 Å². The highest BCUT2D eigenvalue weighted by Crippen LogP contribution is 2.32. The van der Waals surface area contributed by atoms with Crippen molar-refractivity contribution in [2.75, 3.05) is 40.8 Å². The van der Waals surface area contributed by atoms with Crippen LogP contribution in [0, 0.1) is 0 Å². The molecule has 3 aliphatic rings. The van der Waals surface area contributed by atoms with Crippen molar-refractivity contribution in [1.29, 1.82) is 0 Å². The SMILES string of the molecule is CN=C(NCC(C)(C)N1CCC(OC)CC1)NC1CC2CCCC(C1)N2C. The Morgan fingerprint density at radius 1 is 1.11 bits per heavy atom. The maximum atomic E-state index is 5.52. The average Bonchev–Trinajstić information content (AvgIpc) is 2.66. The van der Waals surface area contributed by atoms with Gasteiger partial charge in [-0.15, -0.1) is 0 Å². The second kappa shape index (κ2) is 9.10. The Bertz CT molecular complexity index is 487. The summed E-state index contributed by atoms with van der Waals surface area (Å²) < 4.78 is 5.52. The van der Waals surface area contributed by atoms with Crippen molar-refractivity contribution in [2.45, 2.75) is 88.6 Å². The fourth-order valence-corrected chi connectivity index (χ4v) is 5.23. The number of piperidine rings is 3. The minimum absolute atomic E-state index is 0.111. The summed E-state index contributed by atoms with van der Waals surface area (Å²) in [4.78, 5) is 9.71. The molecule has 6 nitrogen and oxygen atoms in total. The van der Waals surface area contributed by atoms with Crippen molar-refractivity contribution < 1.29 is 4.74 Å². The van der Waals surface area contributed by atoms with E-state index < -0.39 is 0 Å². The number of hydrogen-bond acceptors (Lipinski definition) is 4. The van der Waals surface area contributed by atoms with Gasteiger partial charge >= 0.3 is 0 Å². The van der Waals surface area contributed by atoms with Crippen LogP contribution >= 0.6 is 0 Å². The van der Waals surface area contributed by atoms with E-state index in [0.717, 1.165) is 50.5 Å². The van der Waals surface area contributed by atoms with Gasteiger partial charge in [-0.3, -0.25) is 9.89 Å². The third kappa shape index (κ3) is 5.15. The van der Waals surface area contributed by atoms with Crippen molar-refractivity contribution in [1.82, 2.24) is 20.4 Å². The fraction of sp³-hybridized carbons (Fsp3) is 0.952. The van der Waals surface area contributed by atoms with Gasteiger partial charge in [0, 0.05) is 57.5 Å². The van der Waals surface area contributed by atoms with Crippen molar-refractivity contribution in [3.05, 3.63) is 0 Å². The number of nitrogens with zero attached hydrogens (tertiary/aromatic N) is 3. The van der Waals surface area contributed by atoms with Crippen molar-refractivity contribution in [3.8, 4) is 0 Å². The molecule has 3 aliphatic heterocycles. The zero-order valence-corrected chi connectivity index (χ0v) is 18.1. The number of ether oxygens (including phenoxy) is 1. The molecule has 3 rings (SSSR count). The topological polar surface area (TPSA) is 52.1 Å². The summed E-state index contributed by atoms with van der Waals surface area (Å²) in [6, 6.07) is 2.03. The molecule has 0 aliphatic carbocycles. The Morgan fingerprint density at radius 3 is 2.30 bits per heavy atom. The van der Waals surface area contributed by atoms with Gasteiger partial charge in [0.25, 0.3) is 0 Å². The molecule has 0 aromatic heterocycles. The van der Waals surface area contributed by atoms with E-state index in [1.54, 1.807) is 0 Å². The summed E-state index contributed by atoms with van der Waals surface area (Å²) in [5, 5.41) is 7.33. The Hall–Kier alpha value is -0.850. The number of hydrogen-bond donors (Lipinski definition) is 2. The molecule has 2 unspecified atom stereocenters. The normalized spacial score (nSPS) is 31.7. The molecule has 0 radical (unpaired) electrons. The van der Waals surface area contributed by atoms with Crippen LogP contribution in [-0.4, -0.2) is 86.4 Å². The number of nitrogens with one attached hydrogen (secondary N) is 2. The summed E-state index contributed by atoms with van der Waals surface area (Å²) >= 11 is 0. The van der Waals surface area contributed by atoms with Gasteiger partial charge in [-0.1, -0.05) is 6.42 Å². The lowest BCUT2D eigenvalue weighted by Crippen LogP contribution is -2.59. The molecule has 3 saturated heterocycles. The van der Waals surface area contributed by atoms with Crippen molar-refractivity contribution >= 4 is 5.96 Å². The first-order valence-corrected chi connectivity index (χ1v) is 10.9. The Kier molecular flexibility index (Phi) is 7.03. The summed E-state index contributed by atoms with van der Waals surface area (Å²) in [5.41, 5.74) is 0.111. The molecule has 0 amide bonds. The molecule has 0 spiro atoms. The van der Waals surface area contributed by atoms with Gasteiger partial charge in [0.1, 0.15) is 0 Å². The molecule has 2 bridgehead atoms. The predicted octanol–water partition coefficient (Wildman–Crippen LogP) is 2.06.